The van der Waals surface area contributed by atoms with Crippen LogP contribution in [0, 0.1) is 5.82 Å². The first-order valence-electron chi connectivity index (χ1n) is 4.70. The lowest BCUT2D eigenvalue weighted by Gasteiger charge is -2.11. The number of halogens is 5. The van der Waals surface area contributed by atoms with Crippen molar-refractivity contribution in [3.05, 3.63) is 49.2 Å². The maximum Gasteiger partial charge on any atom is 0.149 e. The Balaban J connectivity index is 2.40. The summed E-state index contributed by atoms with van der Waals surface area (Å²) < 4.78 is 14.3. The summed E-state index contributed by atoms with van der Waals surface area (Å²) in [5, 5.41) is 3.62. The lowest BCUT2D eigenvalue weighted by Crippen LogP contribution is -1.97. The summed E-state index contributed by atoms with van der Waals surface area (Å²) in [5.41, 5.74) is 0.509. The summed E-state index contributed by atoms with van der Waals surface area (Å²) in [6.07, 6.45) is 1.60. The average molecular weight is 415 g/mol. The Morgan fingerprint density at radius 2 is 1.83 bits per heavy atom. The van der Waals surface area contributed by atoms with Gasteiger partial charge in [-0.05, 0) is 50.1 Å². The van der Waals surface area contributed by atoms with Crippen LogP contribution in [-0.2, 0) is 0 Å². The van der Waals surface area contributed by atoms with Crippen LogP contribution in [-0.4, -0.2) is 4.98 Å². The van der Waals surface area contributed by atoms with E-state index in [1.807, 2.05) is 0 Å². The van der Waals surface area contributed by atoms with E-state index in [4.69, 9.17) is 23.2 Å². The number of hydrogen-bond acceptors (Lipinski definition) is 2. The minimum absolute atomic E-state index is 0.239. The molecule has 1 heterocycles. The van der Waals surface area contributed by atoms with Crippen molar-refractivity contribution in [1.29, 1.82) is 0 Å². The first-order valence-corrected chi connectivity index (χ1v) is 7.04. The standard InChI is InChI=1S/C11H5Br2Cl2FN2/c12-5-1-9(15)11(17-4-5)18-10-7(13)2-6(16)3-8(10)14/h1-4H,(H,17,18). The van der Waals surface area contributed by atoms with Gasteiger partial charge in [0.2, 0.25) is 0 Å². The van der Waals surface area contributed by atoms with E-state index in [0.717, 1.165) is 4.47 Å². The van der Waals surface area contributed by atoms with Crippen LogP contribution in [0.2, 0.25) is 10.0 Å². The number of anilines is 2. The van der Waals surface area contributed by atoms with Gasteiger partial charge in [0.15, 0.2) is 0 Å². The minimum Gasteiger partial charge on any atom is -0.337 e. The fourth-order valence-electron chi connectivity index (χ4n) is 1.29. The fraction of sp³-hybridized carbons (Fsp3) is 0. The Kier molecular flexibility index (Phi) is 4.48. The van der Waals surface area contributed by atoms with Crippen molar-refractivity contribution in [1.82, 2.24) is 4.98 Å². The Morgan fingerprint density at radius 3 is 2.44 bits per heavy atom. The molecule has 7 heteroatoms. The van der Waals surface area contributed by atoms with Gasteiger partial charge in [0.1, 0.15) is 11.6 Å². The molecule has 0 spiro atoms. The quantitative estimate of drug-likeness (QED) is 0.672. The molecule has 2 nitrogen and oxygen atoms in total. The van der Waals surface area contributed by atoms with Crippen molar-refractivity contribution in [2.45, 2.75) is 0 Å². The van der Waals surface area contributed by atoms with E-state index >= 15 is 0 Å². The van der Waals surface area contributed by atoms with E-state index in [2.05, 4.69) is 42.2 Å². The summed E-state index contributed by atoms with van der Waals surface area (Å²) in [5.74, 6) is 0.0152. The van der Waals surface area contributed by atoms with Gasteiger partial charge in [0.25, 0.3) is 0 Å². The second kappa shape index (κ2) is 5.74. The van der Waals surface area contributed by atoms with E-state index in [0.29, 0.717) is 21.0 Å². The van der Waals surface area contributed by atoms with Crippen molar-refractivity contribution in [2.24, 2.45) is 0 Å². The number of benzene rings is 1. The molecule has 0 saturated heterocycles. The zero-order chi connectivity index (χ0) is 13.3. The van der Waals surface area contributed by atoms with Crippen molar-refractivity contribution >= 4 is 66.6 Å². The molecule has 1 N–H and O–H groups in total. The highest BCUT2D eigenvalue weighted by Gasteiger charge is 2.11. The van der Waals surface area contributed by atoms with Crippen molar-refractivity contribution in [2.75, 3.05) is 5.32 Å². The van der Waals surface area contributed by atoms with Crippen LogP contribution in [0.3, 0.4) is 0 Å². The Labute approximate surface area is 130 Å². The molecule has 18 heavy (non-hydrogen) atoms. The highest BCUT2D eigenvalue weighted by atomic mass is 79.9. The molecule has 0 fully saturated rings. The number of nitrogens with one attached hydrogen (secondary N) is 1. The number of nitrogens with zero attached hydrogens (tertiary/aromatic N) is 1. The van der Waals surface area contributed by atoms with Gasteiger partial charge >= 0.3 is 0 Å². The number of rotatable bonds is 2. The molecule has 1 aromatic carbocycles. The highest BCUT2D eigenvalue weighted by Crippen LogP contribution is 2.35. The third-order valence-corrected chi connectivity index (χ3v) is 3.70. The van der Waals surface area contributed by atoms with E-state index in [9.17, 15) is 4.39 Å². The lowest BCUT2D eigenvalue weighted by atomic mass is 10.3. The van der Waals surface area contributed by atoms with Crippen molar-refractivity contribution in [3.63, 3.8) is 0 Å². The predicted octanol–water partition coefficient (Wildman–Crippen LogP) is 5.80. The number of aromatic nitrogens is 1. The molecule has 2 rings (SSSR count). The van der Waals surface area contributed by atoms with Crippen LogP contribution < -0.4 is 5.32 Å². The van der Waals surface area contributed by atoms with Crippen LogP contribution in [0.15, 0.2) is 33.3 Å². The molecule has 0 unspecified atom stereocenters. The first kappa shape index (κ1) is 14.1. The van der Waals surface area contributed by atoms with Gasteiger partial charge in [-0.25, -0.2) is 9.37 Å². The van der Waals surface area contributed by atoms with Crippen molar-refractivity contribution in [3.8, 4) is 0 Å². The molecule has 94 valence electrons. The van der Waals surface area contributed by atoms with Gasteiger partial charge in [-0.1, -0.05) is 23.2 Å². The maximum absolute atomic E-state index is 13.1. The molecule has 0 aliphatic rings. The zero-order valence-corrected chi connectivity index (χ0v) is 13.3. The molecule has 2 aromatic rings. The molecule has 0 saturated carbocycles. The van der Waals surface area contributed by atoms with Crippen LogP contribution >= 0.6 is 55.1 Å². The highest BCUT2D eigenvalue weighted by molar-refractivity contribution is 9.10. The van der Waals surface area contributed by atoms with Crippen LogP contribution in [0.4, 0.5) is 15.9 Å². The summed E-state index contributed by atoms with van der Waals surface area (Å²) in [4.78, 5) is 4.11. The monoisotopic (exact) mass is 412 g/mol. The zero-order valence-electron chi connectivity index (χ0n) is 8.65. The largest absolute Gasteiger partial charge is 0.337 e. The van der Waals surface area contributed by atoms with E-state index in [1.54, 1.807) is 12.3 Å². The molecule has 0 atom stereocenters. The summed E-state index contributed by atoms with van der Waals surface area (Å²) in [7, 11) is 0. The average Bonchev–Trinajstić information content (AvgIpc) is 2.25. The number of hydrogen-bond donors (Lipinski definition) is 1. The molecule has 0 aliphatic heterocycles. The Hall–Kier alpha value is -0.360. The van der Waals surface area contributed by atoms with Gasteiger partial charge in [-0.15, -0.1) is 0 Å². The van der Waals surface area contributed by atoms with Gasteiger partial charge in [-0.3, -0.25) is 0 Å². The first-order chi connectivity index (χ1) is 8.47. The third kappa shape index (κ3) is 3.15. The topological polar surface area (TPSA) is 24.9 Å². The summed E-state index contributed by atoms with van der Waals surface area (Å²) in [6, 6.07) is 4.21. The fourth-order valence-corrected chi connectivity index (χ4v) is 2.86. The summed E-state index contributed by atoms with van der Waals surface area (Å²) >= 11 is 18.5. The molecule has 0 radical (unpaired) electrons. The predicted molar refractivity (Wildman–Crippen MR) is 79.3 cm³/mol. The van der Waals surface area contributed by atoms with Crippen LogP contribution in [0.5, 0.6) is 0 Å². The van der Waals surface area contributed by atoms with E-state index in [-0.39, 0.29) is 5.02 Å². The number of pyridine rings is 1. The second-order valence-corrected chi connectivity index (χ2v) is 5.94. The van der Waals surface area contributed by atoms with Gasteiger partial charge in [0, 0.05) is 15.1 Å². The smallest absolute Gasteiger partial charge is 0.149 e. The second-order valence-electron chi connectivity index (χ2n) is 3.35. The van der Waals surface area contributed by atoms with Gasteiger partial charge in [0.05, 0.1) is 15.7 Å². The lowest BCUT2D eigenvalue weighted by molar-refractivity contribution is 0.627. The third-order valence-electron chi connectivity index (χ3n) is 2.06. The SMILES string of the molecule is Fc1cc(Cl)c(Nc2ncc(Br)cc2Cl)c(Br)c1. The summed E-state index contributed by atoms with van der Waals surface area (Å²) in [6.45, 7) is 0. The molecule has 1 aromatic heterocycles. The maximum atomic E-state index is 13.1. The Bertz CT molecular complexity index is 585. The van der Waals surface area contributed by atoms with Crippen LogP contribution in [0.1, 0.15) is 0 Å². The normalized spacial score (nSPS) is 10.5. The molecular weight excluding hydrogens is 410 g/mol. The molecule has 0 amide bonds. The van der Waals surface area contributed by atoms with Gasteiger partial charge in [-0.2, -0.15) is 0 Å². The van der Waals surface area contributed by atoms with E-state index in [1.165, 1.54) is 12.1 Å². The Morgan fingerprint density at radius 1 is 1.11 bits per heavy atom. The van der Waals surface area contributed by atoms with Gasteiger partial charge < -0.3 is 5.32 Å². The minimum atomic E-state index is -0.424. The van der Waals surface area contributed by atoms with Crippen LogP contribution in [0.25, 0.3) is 0 Å². The molecule has 0 bridgehead atoms. The molecule has 0 aliphatic carbocycles. The van der Waals surface area contributed by atoms with Crippen molar-refractivity contribution < 1.29 is 4.39 Å². The van der Waals surface area contributed by atoms with E-state index < -0.39 is 5.82 Å². The molecular formula is C11H5Br2Cl2FN2.